The molecule has 1 fully saturated rings. The van der Waals surface area contributed by atoms with E-state index in [0.717, 1.165) is 0 Å². The smallest absolute Gasteiger partial charge is 0.292 e. The molecule has 1 saturated heterocycles. The minimum atomic E-state index is -0.212. The van der Waals surface area contributed by atoms with Gasteiger partial charge in [-0.05, 0) is 0 Å². The van der Waals surface area contributed by atoms with Crippen molar-refractivity contribution in [3.05, 3.63) is 12.0 Å². The largest absolute Gasteiger partial charge is 0.494 e. The van der Waals surface area contributed by atoms with Gasteiger partial charge in [-0.2, -0.15) is 0 Å². The van der Waals surface area contributed by atoms with Crippen LogP contribution in [-0.4, -0.2) is 49.6 Å². The Morgan fingerprint density at radius 3 is 3.00 bits per heavy atom. The lowest BCUT2D eigenvalue weighted by Crippen LogP contribution is -2.36. The summed E-state index contributed by atoms with van der Waals surface area (Å²) in [7, 11) is 0. The van der Waals surface area contributed by atoms with Crippen LogP contribution in [0.5, 0.6) is 0 Å². The average Bonchev–Trinajstić information content (AvgIpc) is 2.54. The Kier molecular flexibility index (Phi) is 3.28. The molecule has 2 heterocycles. The molecule has 0 aromatic rings. The second kappa shape index (κ2) is 4.87. The fourth-order valence-corrected chi connectivity index (χ4v) is 1.61. The highest BCUT2D eigenvalue weighted by Crippen LogP contribution is 2.09. The molecule has 0 radical (unpaired) electrons. The predicted octanol–water partition coefficient (Wildman–Crippen LogP) is -0.777. The Morgan fingerprint density at radius 2 is 2.25 bits per heavy atom. The van der Waals surface area contributed by atoms with Gasteiger partial charge in [-0.15, -0.1) is 0 Å². The maximum absolute atomic E-state index is 11.9. The maximum atomic E-state index is 11.9. The normalized spacial score (nSPS) is 21.1. The summed E-state index contributed by atoms with van der Waals surface area (Å²) >= 11 is 0. The molecule has 0 unspecified atom stereocenters. The number of ether oxygens (including phenoxy) is 2. The zero-order valence-electron chi connectivity index (χ0n) is 8.90. The first-order valence-electron chi connectivity index (χ1n) is 5.28. The van der Waals surface area contributed by atoms with Crippen LogP contribution in [0.2, 0.25) is 0 Å². The van der Waals surface area contributed by atoms with Crippen LogP contribution in [0.15, 0.2) is 12.0 Å². The van der Waals surface area contributed by atoms with E-state index in [0.29, 0.717) is 39.3 Å². The van der Waals surface area contributed by atoms with Gasteiger partial charge in [-0.3, -0.25) is 9.59 Å². The molecule has 1 N–H and O–H groups in total. The Morgan fingerprint density at radius 1 is 1.38 bits per heavy atom. The summed E-state index contributed by atoms with van der Waals surface area (Å²) in [5, 5.41) is 2.71. The van der Waals surface area contributed by atoms with Crippen LogP contribution in [0.25, 0.3) is 0 Å². The highest BCUT2D eigenvalue weighted by atomic mass is 16.6. The molecule has 0 aliphatic carbocycles. The van der Waals surface area contributed by atoms with Crippen molar-refractivity contribution in [2.75, 3.05) is 32.8 Å². The van der Waals surface area contributed by atoms with Crippen LogP contribution in [0.1, 0.15) is 6.42 Å². The second-order valence-electron chi connectivity index (χ2n) is 3.59. The number of carbonyl (C=O) groups is 2. The third-order valence-electron chi connectivity index (χ3n) is 2.46. The zero-order valence-corrected chi connectivity index (χ0v) is 8.90. The van der Waals surface area contributed by atoms with Gasteiger partial charge < -0.3 is 19.7 Å². The minimum Gasteiger partial charge on any atom is -0.494 e. The van der Waals surface area contributed by atoms with Gasteiger partial charge in [0.05, 0.1) is 0 Å². The molecule has 88 valence electrons. The predicted molar refractivity (Wildman–Crippen MR) is 54.2 cm³/mol. The molecule has 0 aromatic heterocycles. The van der Waals surface area contributed by atoms with E-state index in [1.54, 1.807) is 4.90 Å². The Balaban J connectivity index is 1.97. The molecule has 16 heavy (non-hydrogen) atoms. The number of hydrogen-bond acceptors (Lipinski definition) is 4. The van der Waals surface area contributed by atoms with E-state index in [2.05, 4.69) is 5.32 Å². The monoisotopic (exact) mass is 226 g/mol. The van der Waals surface area contributed by atoms with Crippen LogP contribution < -0.4 is 5.32 Å². The lowest BCUT2D eigenvalue weighted by Gasteiger charge is -2.22. The van der Waals surface area contributed by atoms with Gasteiger partial charge in [-0.25, -0.2) is 0 Å². The number of carbonyl (C=O) groups excluding carboxylic acids is 2. The molecule has 0 bridgehead atoms. The topological polar surface area (TPSA) is 67.9 Å². The van der Waals surface area contributed by atoms with E-state index in [-0.39, 0.29) is 17.6 Å². The van der Waals surface area contributed by atoms with Gasteiger partial charge in [0.25, 0.3) is 5.91 Å². The molecular weight excluding hydrogens is 212 g/mol. The minimum absolute atomic E-state index is 0.0231. The summed E-state index contributed by atoms with van der Waals surface area (Å²) in [6.45, 7) is 2.27. The number of hydrogen-bond donors (Lipinski definition) is 1. The molecule has 2 aliphatic rings. The van der Waals surface area contributed by atoms with Crippen molar-refractivity contribution < 1.29 is 19.1 Å². The van der Waals surface area contributed by atoms with Gasteiger partial charge in [0, 0.05) is 26.1 Å². The fourth-order valence-electron chi connectivity index (χ4n) is 1.61. The third kappa shape index (κ3) is 2.44. The fraction of sp³-hybridized carbons (Fsp3) is 0.600. The molecule has 2 rings (SSSR count). The quantitative estimate of drug-likeness (QED) is 0.637. The number of nitrogens with one attached hydrogen (secondary N) is 1. The molecule has 0 saturated carbocycles. The van der Waals surface area contributed by atoms with E-state index >= 15 is 0 Å². The molecule has 0 aromatic carbocycles. The first-order valence-corrected chi connectivity index (χ1v) is 5.28. The lowest BCUT2D eigenvalue weighted by molar-refractivity contribution is -0.132. The number of amides is 2. The van der Waals surface area contributed by atoms with E-state index in [1.165, 1.54) is 6.26 Å². The summed E-state index contributed by atoms with van der Waals surface area (Å²) in [5.74, 6) is -0.0121. The number of nitrogens with zero attached hydrogens (tertiary/aromatic N) is 1. The van der Waals surface area contributed by atoms with Crippen molar-refractivity contribution in [2.45, 2.75) is 6.42 Å². The van der Waals surface area contributed by atoms with Crippen molar-refractivity contribution in [2.24, 2.45) is 0 Å². The van der Waals surface area contributed by atoms with E-state index in [4.69, 9.17) is 9.47 Å². The summed E-state index contributed by atoms with van der Waals surface area (Å²) in [6, 6.07) is 0. The number of rotatable bonds is 1. The summed E-state index contributed by atoms with van der Waals surface area (Å²) < 4.78 is 10.2. The molecule has 6 heteroatoms. The highest BCUT2D eigenvalue weighted by Gasteiger charge is 2.24. The standard InChI is InChI=1S/C10H14N2O4/c13-9-1-3-12(4-2-11-9)10(14)8-7-15-5-6-16-8/h7H,1-6H2,(H,11,13). The van der Waals surface area contributed by atoms with Gasteiger partial charge in [0.15, 0.2) is 0 Å². The van der Waals surface area contributed by atoms with Crippen LogP contribution in [0.3, 0.4) is 0 Å². The van der Waals surface area contributed by atoms with Crippen molar-refractivity contribution in [1.29, 1.82) is 0 Å². The average molecular weight is 226 g/mol. The van der Waals surface area contributed by atoms with Crippen molar-refractivity contribution >= 4 is 11.8 Å². The zero-order chi connectivity index (χ0) is 11.4. The highest BCUT2D eigenvalue weighted by molar-refractivity contribution is 5.92. The van der Waals surface area contributed by atoms with Crippen LogP contribution in [-0.2, 0) is 19.1 Å². The second-order valence-corrected chi connectivity index (χ2v) is 3.59. The molecule has 0 atom stereocenters. The van der Waals surface area contributed by atoms with Crippen LogP contribution in [0, 0.1) is 0 Å². The van der Waals surface area contributed by atoms with E-state index < -0.39 is 0 Å². The van der Waals surface area contributed by atoms with Gasteiger partial charge >= 0.3 is 0 Å². The first kappa shape index (κ1) is 10.8. The third-order valence-corrected chi connectivity index (χ3v) is 2.46. The van der Waals surface area contributed by atoms with Crippen LogP contribution in [0.4, 0.5) is 0 Å². The van der Waals surface area contributed by atoms with E-state index in [9.17, 15) is 9.59 Å². The molecule has 6 nitrogen and oxygen atoms in total. The van der Waals surface area contributed by atoms with E-state index in [1.807, 2.05) is 0 Å². The summed E-state index contributed by atoms with van der Waals surface area (Å²) in [4.78, 5) is 24.6. The lowest BCUT2D eigenvalue weighted by atomic mass is 10.3. The van der Waals surface area contributed by atoms with Gasteiger partial charge in [0.1, 0.15) is 19.5 Å². The molecule has 2 amide bonds. The van der Waals surface area contributed by atoms with Crippen molar-refractivity contribution in [3.8, 4) is 0 Å². The molecule has 0 spiro atoms. The molecular formula is C10H14N2O4. The Hall–Kier alpha value is -1.72. The van der Waals surface area contributed by atoms with Crippen molar-refractivity contribution in [1.82, 2.24) is 10.2 Å². The SMILES string of the molecule is O=C1CCN(C(=O)C2=COCCO2)CCN1. The maximum Gasteiger partial charge on any atom is 0.292 e. The van der Waals surface area contributed by atoms with Crippen molar-refractivity contribution in [3.63, 3.8) is 0 Å². The Labute approximate surface area is 93.2 Å². The first-order chi connectivity index (χ1) is 7.77. The summed E-state index contributed by atoms with van der Waals surface area (Å²) in [5.41, 5.74) is 0. The van der Waals surface area contributed by atoms with Gasteiger partial charge in [-0.1, -0.05) is 0 Å². The van der Waals surface area contributed by atoms with Gasteiger partial charge in [0.2, 0.25) is 11.7 Å². The van der Waals surface area contributed by atoms with Crippen LogP contribution >= 0.6 is 0 Å². The molecule has 2 aliphatic heterocycles. The Bertz CT molecular complexity index is 327. The summed E-state index contributed by atoms with van der Waals surface area (Å²) in [6.07, 6.45) is 1.67.